The summed E-state index contributed by atoms with van der Waals surface area (Å²) in [6.45, 7) is 3.32. The third-order valence-electron chi connectivity index (χ3n) is 3.81. The van der Waals surface area contributed by atoms with Crippen LogP contribution in [-0.4, -0.2) is 30.5 Å². The quantitative estimate of drug-likeness (QED) is 0.734. The molecule has 0 atom stereocenters. The number of ether oxygens (including phenoxy) is 2. The van der Waals surface area contributed by atoms with E-state index in [9.17, 15) is 13.2 Å². The molecule has 7 heteroatoms. The number of nitrogens with zero attached hydrogens (tertiary/aromatic N) is 2. The number of hydrogen-bond donors (Lipinski definition) is 0. The van der Waals surface area contributed by atoms with Gasteiger partial charge in [0.25, 0.3) is 0 Å². The van der Waals surface area contributed by atoms with Crippen molar-refractivity contribution in [1.82, 2.24) is 4.98 Å². The minimum absolute atomic E-state index is 0.349. The van der Waals surface area contributed by atoms with Crippen molar-refractivity contribution < 1.29 is 22.6 Å². The highest BCUT2D eigenvalue weighted by Gasteiger charge is 2.32. The molecular weight excluding hydrogens is 333 g/mol. The predicted molar refractivity (Wildman–Crippen MR) is 87.6 cm³/mol. The average Bonchev–Trinajstić information content (AvgIpc) is 3.01. The zero-order valence-electron chi connectivity index (χ0n) is 13.6. The fourth-order valence-electron chi connectivity index (χ4n) is 2.60. The van der Waals surface area contributed by atoms with E-state index < -0.39 is 11.7 Å². The second-order valence-corrected chi connectivity index (χ2v) is 5.49. The summed E-state index contributed by atoms with van der Waals surface area (Å²) in [6.07, 6.45) is -0.734. The van der Waals surface area contributed by atoms with Gasteiger partial charge in [0.1, 0.15) is 12.4 Å². The molecule has 1 aromatic carbocycles. The van der Waals surface area contributed by atoms with E-state index in [0.717, 1.165) is 23.3 Å². The number of pyridine rings is 1. The number of benzene rings is 1. The molecular formula is C18H17F3N2O2. The summed E-state index contributed by atoms with van der Waals surface area (Å²) in [7, 11) is 0. The summed E-state index contributed by atoms with van der Waals surface area (Å²) < 4.78 is 49.5. The third kappa shape index (κ3) is 3.99. The molecule has 0 fully saturated rings. The molecule has 0 unspecified atom stereocenters. The Morgan fingerprint density at radius 1 is 1.16 bits per heavy atom. The SMILES string of the molecule is CCOCCOc1cnccc1C1=Nc2cc(C(F)(F)F)ccc2C1. The smallest absolute Gasteiger partial charge is 0.416 e. The van der Waals surface area contributed by atoms with Gasteiger partial charge in [-0.1, -0.05) is 6.07 Å². The van der Waals surface area contributed by atoms with E-state index in [2.05, 4.69) is 9.98 Å². The molecule has 0 saturated carbocycles. The Balaban J connectivity index is 1.83. The molecule has 132 valence electrons. The normalized spacial score (nSPS) is 13.5. The van der Waals surface area contributed by atoms with Crippen molar-refractivity contribution in [3.05, 3.63) is 53.3 Å². The summed E-state index contributed by atoms with van der Waals surface area (Å²) in [6, 6.07) is 5.40. The van der Waals surface area contributed by atoms with Gasteiger partial charge in [0, 0.05) is 24.8 Å². The summed E-state index contributed by atoms with van der Waals surface area (Å²) in [4.78, 5) is 8.42. The highest BCUT2D eigenvalue weighted by atomic mass is 19.4. The highest BCUT2D eigenvalue weighted by Crippen LogP contribution is 2.37. The van der Waals surface area contributed by atoms with Crippen LogP contribution < -0.4 is 4.74 Å². The first-order valence-electron chi connectivity index (χ1n) is 7.91. The average molecular weight is 350 g/mol. The van der Waals surface area contributed by atoms with Gasteiger partial charge < -0.3 is 9.47 Å². The lowest BCUT2D eigenvalue weighted by Gasteiger charge is -2.10. The molecule has 0 saturated heterocycles. The minimum atomic E-state index is -4.38. The van der Waals surface area contributed by atoms with Crippen molar-refractivity contribution in [3.8, 4) is 5.75 Å². The molecule has 2 heterocycles. The maximum Gasteiger partial charge on any atom is 0.416 e. The second-order valence-electron chi connectivity index (χ2n) is 5.49. The van der Waals surface area contributed by atoms with E-state index in [-0.39, 0.29) is 0 Å². The molecule has 0 bridgehead atoms. The van der Waals surface area contributed by atoms with Crippen molar-refractivity contribution in [3.63, 3.8) is 0 Å². The van der Waals surface area contributed by atoms with Crippen LogP contribution >= 0.6 is 0 Å². The predicted octanol–water partition coefficient (Wildman–Crippen LogP) is 4.19. The number of hydrogen-bond acceptors (Lipinski definition) is 4. The number of aliphatic imine (C=N–C) groups is 1. The van der Waals surface area contributed by atoms with Gasteiger partial charge in [0.05, 0.1) is 29.8 Å². The Bertz CT molecular complexity index is 788. The Kier molecular flexibility index (Phi) is 5.03. The maximum atomic E-state index is 12.9. The van der Waals surface area contributed by atoms with Gasteiger partial charge in [-0.3, -0.25) is 9.98 Å². The molecule has 1 aliphatic heterocycles. The van der Waals surface area contributed by atoms with Crippen LogP contribution in [0.4, 0.5) is 18.9 Å². The van der Waals surface area contributed by atoms with Crippen LogP contribution in [0.5, 0.6) is 5.75 Å². The fraction of sp³-hybridized carbons (Fsp3) is 0.333. The molecule has 0 spiro atoms. The maximum absolute atomic E-state index is 12.9. The Labute approximate surface area is 143 Å². The number of rotatable bonds is 6. The van der Waals surface area contributed by atoms with Gasteiger partial charge in [-0.05, 0) is 30.7 Å². The van der Waals surface area contributed by atoms with E-state index in [1.54, 1.807) is 18.5 Å². The first kappa shape index (κ1) is 17.4. The van der Waals surface area contributed by atoms with Gasteiger partial charge in [0.15, 0.2) is 0 Å². The van der Waals surface area contributed by atoms with E-state index in [4.69, 9.17) is 9.47 Å². The van der Waals surface area contributed by atoms with Crippen LogP contribution in [0.2, 0.25) is 0 Å². The monoisotopic (exact) mass is 350 g/mol. The Morgan fingerprint density at radius 2 is 2.00 bits per heavy atom. The van der Waals surface area contributed by atoms with Crippen molar-refractivity contribution in [2.24, 2.45) is 4.99 Å². The number of halogens is 3. The third-order valence-corrected chi connectivity index (χ3v) is 3.81. The molecule has 4 nitrogen and oxygen atoms in total. The molecule has 3 rings (SSSR count). The molecule has 0 aliphatic carbocycles. The van der Waals surface area contributed by atoms with Gasteiger partial charge in [-0.15, -0.1) is 0 Å². The van der Waals surface area contributed by atoms with Crippen LogP contribution in [0.1, 0.15) is 23.6 Å². The highest BCUT2D eigenvalue weighted by molar-refractivity contribution is 6.08. The zero-order chi connectivity index (χ0) is 17.9. The second kappa shape index (κ2) is 7.23. The van der Waals surface area contributed by atoms with Crippen molar-refractivity contribution in [1.29, 1.82) is 0 Å². The van der Waals surface area contributed by atoms with E-state index >= 15 is 0 Å². The van der Waals surface area contributed by atoms with Crippen molar-refractivity contribution in [2.45, 2.75) is 19.5 Å². The largest absolute Gasteiger partial charge is 0.489 e. The van der Waals surface area contributed by atoms with Gasteiger partial charge in [0.2, 0.25) is 0 Å². The Morgan fingerprint density at radius 3 is 2.76 bits per heavy atom. The van der Waals surface area contributed by atoms with Crippen LogP contribution in [0.15, 0.2) is 41.7 Å². The van der Waals surface area contributed by atoms with Crippen molar-refractivity contribution in [2.75, 3.05) is 19.8 Å². The standard InChI is InChI=1S/C18H17F3N2O2/c1-2-24-7-8-25-17-11-22-6-5-14(17)16-9-12-3-4-13(18(19,20)21)10-15(12)23-16/h3-6,10-11H,2,7-9H2,1H3. The number of aromatic nitrogens is 1. The molecule has 0 amide bonds. The first-order chi connectivity index (χ1) is 12.0. The number of fused-ring (bicyclic) bond motifs is 1. The summed E-state index contributed by atoms with van der Waals surface area (Å²) >= 11 is 0. The molecule has 2 aromatic rings. The lowest BCUT2D eigenvalue weighted by Crippen LogP contribution is -2.10. The summed E-state index contributed by atoms with van der Waals surface area (Å²) in [5.74, 6) is 0.546. The molecule has 0 radical (unpaired) electrons. The van der Waals surface area contributed by atoms with Crippen LogP contribution in [-0.2, 0) is 17.3 Å². The summed E-state index contributed by atoms with van der Waals surface area (Å²) in [5, 5.41) is 0. The van der Waals surface area contributed by atoms with Crippen molar-refractivity contribution >= 4 is 11.4 Å². The van der Waals surface area contributed by atoms with Crippen LogP contribution in [0.3, 0.4) is 0 Å². The van der Waals surface area contributed by atoms with Gasteiger partial charge >= 0.3 is 6.18 Å². The van der Waals surface area contributed by atoms with Gasteiger partial charge in [-0.2, -0.15) is 13.2 Å². The zero-order valence-corrected chi connectivity index (χ0v) is 13.6. The van der Waals surface area contributed by atoms with Crippen LogP contribution in [0, 0.1) is 0 Å². The van der Waals surface area contributed by atoms with Gasteiger partial charge in [-0.25, -0.2) is 0 Å². The number of alkyl halides is 3. The topological polar surface area (TPSA) is 43.7 Å². The molecule has 0 N–H and O–H groups in total. The summed E-state index contributed by atoms with van der Waals surface area (Å²) in [5.41, 5.74) is 1.82. The molecule has 1 aromatic heterocycles. The Hall–Kier alpha value is -2.41. The van der Waals surface area contributed by atoms with E-state index in [1.807, 2.05) is 6.92 Å². The molecule has 25 heavy (non-hydrogen) atoms. The minimum Gasteiger partial charge on any atom is -0.489 e. The van der Waals surface area contributed by atoms with E-state index in [0.29, 0.717) is 43.4 Å². The van der Waals surface area contributed by atoms with Crippen LogP contribution in [0.25, 0.3) is 0 Å². The van der Waals surface area contributed by atoms with E-state index in [1.165, 1.54) is 6.07 Å². The molecule has 1 aliphatic rings. The lowest BCUT2D eigenvalue weighted by atomic mass is 10.0. The first-order valence-corrected chi connectivity index (χ1v) is 7.91. The lowest BCUT2D eigenvalue weighted by molar-refractivity contribution is -0.137. The fourth-order valence-corrected chi connectivity index (χ4v) is 2.60.